The molecule has 0 aliphatic carbocycles. The molecular formula is H8F6MgTi. The van der Waals surface area contributed by atoms with E-state index in [0.29, 0.717) is 0 Å². The predicted octanol–water partition coefficient (Wildman–Crippen LogP) is 0.757. The molecule has 0 saturated heterocycles. The Morgan fingerprint density at radius 1 is 0.500 bits per heavy atom. The van der Waals surface area contributed by atoms with Crippen LogP contribution in [0.5, 0.6) is 0 Å². The van der Waals surface area contributed by atoms with Crippen molar-refractivity contribution < 1.29 is 52.8 Å². The van der Waals surface area contributed by atoms with E-state index in [2.05, 4.69) is 0 Å². The Balaban J connectivity index is 0. The van der Waals surface area contributed by atoms with Crippen LogP contribution in [0.4, 0.5) is 28.2 Å². The van der Waals surface area contributed by atoms with Crippen molar-refractivity contribution in [2.24, 2.45) is 0 Å². The van der Waals surface area contributed by atoms with Crippen molar-refractivity contribution in [3.63, 3.8) is 0 Å². The van der Waals surface area contributed by atoms with Crippen molar-refractivity contribution in [3.8, 4) is 0 Å². The fourth-order valence-corrected chi connectivity index (χ4v) is 0. The second kappa shape index (κ2) is 357. The van der Waals surface area contributed by atoms with Gasteiger partial charge in [-0.05, 0) is 0 Å². The molecule has 0 nitrogen and oxygen atoms in total. The monoisotopic (exact) mass is 194 g/mol. The summed E-state index contributed by atoms with van der Waals surface area (Å²) >= 11 is 0. The fourth-order valence-electron chi connectivity index (χ4n) is 0. The zero-order chi connectivity index (χ0) is 0. The third-order valence-corrected chi connectivity index (χ3v) is 0. The molecule has 0 amide bonds. The van der Waals surface area contributed by atoms with Crippen molar-refractivity contribution in [1.29, 1.82) is 0 Å². The number of halogens is 6. The molecule has 0 atom stereocenters. The van der Waals surface area contributed by atoms with Crippen LogP contribution < -0.4 is 0 Å². The zero-order valence-electron chi connectivity index (χ0n) is 5.66. The van der Waals surface area contributed by atoms with Crippen LogP contribution in [0.2, 0.25) is 0 Å². The van der Waals surface area contributed by atoms with Crippen molar-refractivity contribution in [2.75, 3.05) is 0 Å². The molecular weight excluding hydrogens is 186 g/mol. The average molecular weight is 194 g/mol. The van der Waals surface area contributed by atoms with Crippen molar-refractivity contribution in [3.05, 3.63) is 0 Å². The van der Waals surface area contributed by atoms with E-state index < -0.39 is 0 Å². The first kappa shape index (κ1) is 523. The van der Waals surface area contributed by atoms with E-state index in [9.17, 15) is 0 Å². The van der Waals surface area contributed by atoms with E-state index in [1.165, 1.54) is 0 Å². The van der Waals surface area contributed by atoms with Crippen LogP contribution in [-0.2, 0) is 21.7 Å². The van der Waals surface area contributed by atoms with Gasteiger partial charge < -0.3 is 2.85 Å². The summed E-state index contributed by atoms with van der Waals surface area (Å²) in [5, 5.41) is 0. The van der Waals surface area contributed by atoms with Gasteiger partial charge in [-0.15, -0.1) is 0 Å². The van der Waals surface area contributed by atoms with Gasteiger partial charge in [0.1, 0.15) is 0 Å². The number of hydrogen-bond donors (Lipinski definition) is 0. The summed E-state index contributed by atoms with van der Waals surface area (Å²) in [6.07, 6.45) is 0. The van der Waals surface area contributed by atoms with Crippen LogP contribution in [0.15, 0.2) is 0 Å². The molecule has 0 aliphatic heterocycles. The van der Waals surface area contributed by atoms with Gasteiger partial charge in [0, 0.05) is 21.7 Å². The zero-order valence-corrected chi connectivity index (χ0v) is 6.63. The topological polar surface area (TPSA) is 0 Å². The molecule has 0 fully saturated rings. The molecule has 0 aromatic rings. The van der Waals surface area contributed by atoms with E-state index in [0.717, 1.165) is 0 Å². The maximum Gasteiger partial charge on any atom is 2.00 e. The van der Waals surface area contributed by atoms with Crippen LogP contribution in [0, 0.1) is 0 Å². The van der Waals surface area contributed by atoms with Gasteiger partial charge in [-0.25, -0.2) is 0 Å². The molecule has 0 rings (SSSR count). The second-order valence-corrected chi connectivity index (χ2v) is 0. The van der Waals surface area contributed by atoms with Crippen LogP contribution in [0.1, 0.15) is 2.85 Å². The Bertz CT molecular complexity index is 15.7. The van der Waals surface area contributed by atoms with Crippen molar-refractivity contribution in [2.45, 2.75) is 0 Å². The Labute approximate surface area is 76.0 Å². The Morgan fingerprint density at radius 2 is 0.500 bits per heavy atom. The molecule has 56 valence electrons. The molecule has 0 N–H and O–H groups in total. The molecule has 0 heterocycles. The van der Waals surface area contributed by atoms with Gasteiger partial charge >= 0.3 is 23.1 Å². The average Bonchev–Trinajstić information content (AvgIpc) is 0. The van der Waals surface area contributed by atoms with Crippen LogP contribution in [0.3, 0.4) is 0 Å². The summed E-state index contributed by atoms with van der Waals surface area (Å²) in [6.45, 7) is 0. The minimum atomic E-state index is 0. The van der Waals surface area contributed by atoms with Crippen molar-refractivity contribution >= 4 is 23.1 Å². The van der Waals surface area contributed by atoms with Crippen molar-refractivity contribution in [1.82, 2.24) is 0 Å². The van der Waals surface area contributed by atoms with Crippen LogP contribution >= 0.6 is 0 Å². The Kier molecular flexibility index (Phi) is 23400. The van der Waals surface area contributed by atoms with E-state index in [1.807, 2.05) is 0 Å². The third-order valence-electron chi connectivity index (χ3n) is 0. The summed E-state index contributed by atoms with van der Waals surface area (Å²) in [5.74, 6) is 0. The normalized spacial score (nSPS) is 0. The number of rotatable bonds is 0. The Hall–Kier alpha value is 1.06. The summed E-state index contributed by atoms with van der Waals surface area (Å²) in [6, 6.07) is 0. The summed E-state index contributed by atoms with van der Waals surface area (Å²) in [4.78, 5) is 0. The van der Waals surface area contributed by atoms with Gasteiger partial charge in [0.2, 0.25) is 0 Å². The smallest absolute Gasteiger partial charge is 1.00 e. The molecule has 8 heavy (non-hydrogen) atoms. The first-order valence-corrected chi connectivity index (χ1v) is 0. The molecule has 0 radical (unpaired) electrons. The number of hydrogen-bond acceptors (Lipinski definition) is 0. The van der Waals surface area contributed by atoms with E-state index in [-0.39, 0.29) is 75.9 Å². The van der Waals surface area contributed by atoms with E-state index >= 15 is 0 Å². The predicted molar refractivity (Wildman–Crippen MR) is 23.0 cm³/mol. The summed E-state index contributed by atoms with van der Waals surface area (Å²) < 4.78 is 0. The van der Waals surface area contributed by atoms with Gasteiger partial charge in [-0.1, -0.05) is 0 Å². The molecule has 8 heteroatoms. The van der Waals surface area contributed by atoms with E-state index in [4.69, 9.17) is 0 Å². The van der Waals surface area contributed by atoms with Crippen LogP contribution in [0.25, 0.3) is 0 Å². The third kappa shape index (κ3) is 231. The fraction of sp³-hybridized carbons (Fsp3) is 0. The van der Waals surface area contributed by atoms with E-state index in [1.54, 1.807) is 0 Å². The maximum absolute atomic E-state index is 0. The first-order chi connectivity index (χ1) is 0. The molecule has 0 unspecified atom stereocenters. The summed E-state index contributed by atoms with van der Waals surface area (Å²) in [7, 11) is 0. The van der Waals surface area contributed by atoms with Gasteiger partial charge in [0.15, 0.2) is 0 Å². The summed E-state index contributed by atoms with van der Waals surface area (Å²) in [5.41, 5.74) is 0. The first-order valence-electron chi connectivity index (χ1n) is 0. The van der Waals surface area contributed by atoms with Gasteiger partial charge in [-0.3, -0.25) is 28.2 Å². The minimum absolute atomic E-state index is 0. The minimum Gasteiger partial charge on any atom is -1.00 e. The molecule has 0 bridgehead atoms. The molecule has 0 spiro atoms. The van der Waals surface area contributed by atoms with Crippen LogP contribution in [-0.4, -0.2) is 23.1 Å². The molecule has 0 aromatic heterocycles. The molecule has 0 saturated carbocycles. The SMILES string of the molecule is F.F.F.F.F.F.[H-].[H-].[Mg+2].[Ti]. The van der Waals surface area contributed by atoms with Gasteiger partial charge in [-0.2, -0.15) is 0 Å². The molecule has 0 aliphatic rings. The largest absolute Gasteiger partial charge is 2.00 e. The Morgan fingerprint density at radius 3 is 0.500 bits per heavy atom. The van der Waals surface area contributed by atoms with Gasteiger partial charge in [0.05, 0.1) is 0 Å². The quantitative estimate of drug-likeness (QED) is 0.394. The second-order valence-electron chi connectivity index (χ2n) is 0. The van der Waals surface area contributed by atoms with Gasteiger partial charge in [0.25, 0.3) is 0 Å². The maximum atomic E-state index is 0. The standard InChI is InChI=1S/6FH.Mg.Ti.2H/h6*1H;;;;/q;;;;;;+2;;2*-1. The molecule has 0 aromatic carbocycles.